The number of carbonyl (C=O) groups is 1. The van der Waals surface area contributed by atoms with Gasteiger partial charge in [-0.2, -0.15) is 5.10 Å². The van der Waals surface area contributed by atoms with Gasteiger partial charge in [-0.1, -0.05) is 38.1 Å². The smallest absolute Gasteiger partial charge is 0.276 e. The molecule has 3 aromatic rings. The van der Waals surface area contributed by atoms with Crippen molar-refractivity contribution in [1.82, 2.24) is 9.78 Å². The summed E-state index contributed by atoms with van der Waals surface area (Å²) in [5.74, 6) is 0.507. The van der Waals surface area contributed by atoms with Crippen LogP contribution in [0.5, 0.6) is 5.75 Å². The van der Waals surface area contributed by atoms with Crippen molar-refractivity contribution in [3.05, 3.63) is 64.6 Å². The number of rotatable bonds is 5. The van der Waals surface area contributed by atoms with Crippen LogP contribution in [0.2, 0.25) is 0 Å². The fraction of sp³-hybridized carbons (Fsp3) is 0.250. The molecule has 0 saturated carbocycles. The predicted molar refractivity (Wildman–Crippen MR) is 102 cm³/mol. The number of hydrogen-bond acceptors (Lipinski definition) is 4. The number of methoxy groups -OCH3 is 1. The summed E-state index contributed by atoms with van der Waals surface area (Å²) in [6, 6.07) is 14.1. The van der Waals surface area contributed by atoms with Crippen LogP contribution in [0, 0.1) is 5.92 Å². The molecule has 0 aliphatic heterocycles. The molecule has 6 heteroatoms. The van der Waals surface area contributed by atoms with Gasteiger partial charge in [0.15, 0.2) is 5.69 Å². The van der Waals surface area contributed by atoms with Crippen LogP contribution >= 0.6 is 0 Å². The lowest BCUT2D eigenvalue weighted by Gasteiger charge is -2.13. The average Bonchev–Trinajstić information content (AvgIpc) is 2.64. The topological polar surface area (TPSA) is 73.2 Å². The number of nitrogens with zero attached hydrogens (tertiary/aromatic N) is 2. The van der Waals surface area contributed by atoms with Gasteiger partial charge in [-0.05, 0) is 24.1 Å². The number of amides is 1. The van der Waals surface area contributed by atoms with E-state index in [0.717, 1.165) is 0 Å². The van der Waals surface area contributed by atoms with Crippen LogP contribution in [0.25, 0.3) is 10.8 Å². The molecule has 0 saturated heterocycles. The Balaban J connectivity index is 2.06. The number of fused-ring (bicyclic) bond motifs is 1. The van der Waals surface area contributed by atoms with Crippen LogP contribution in [-0.2, 0) is 6.54 Å². The van der Waals surface area contributed by atoms with Crippen LogP contribution in [0.15, 0.2) is 53.3 Å². The fourth-order valence-corrected chi connectivity index (χ4v) is 2.76. The second-order valence-corrected chi connectivity index (χ2v) is 6.46. The third-order valence-electron chi connectivity index (χ3n) is 3.95. The average molecular weight is 351 g/mol. The first-order valence-corrected chi connectivity index (χ1v) is 8.45. The zero-order valence-corrected chi connectivity index (χ0v) is 15.0. The van der Waals surface area contributed by atoms with Gasteiger partial charge >= 0.3 is 0 Å². The van der Waals surface area contributed by atoms with Crippen molar-refractivity contribution in [2.45, 2.75) is 20.4 Å². The SMILES string of the molecule is COc1cccc(NC(=O)c2nn(CC(C)C)c(=O)c3ccccc23)c1. The number of aromatic nitrogens is 2. The Bertz CT molecular complexity index is 1010. The molecule has 1 heterocycles. The fourth-order valence-electron chi connectivity index (χ4n) is 2.76. The zero-order valence-electron chi connectivity index (χ0n) is 15.0. The van der Waals surface area contributed by atoms with Crippen LogP contribution in [0.3, 0.4) is 0 Å². The molecule has 2 aromatic carbocycles. The quantitative estimate of drug-likeness (QED) is 0.765. The molecular weight excluding hydrogens is 330 g/mol. The van der Waals surface area contributed by atoms with E-state index in [1.807, 2.05) is 13.8 Å². The number of carbonyl (C=O) groups excluding carboxylic acids is 1. The van der Waals surface area contributed by atoms with Crippen molar-refractivity contribution in [3.63, 3.8) is 0 Å². The maximum atomic E-state index is 12.8. The van der Waals surface area contributed by atoms with E-state index >= 15 is 0 Å². The van der Waals surface area contributed by atoms with Crippen molar-refractivity contribution in [2.24, 2.45) is 5.92 Å². The normalized spacial score (nSPS) is 10.9. The van der Waals surface area contributed by atoms with Crippen molar-refractivity contribution in [2.75, 3.05) is 12.4 Å². The lowest BCUT2D eigenvalue weighted by molar-refractivity contribution is 0.102. The maximum Gasteiger partial charge on any atom is 0.276 e. The highest BCUT2D eigenvalue weighted by molar-refractivity contribution is 6.11. The van der Waals surface area contributed by atoms with Gasteiger partial charge in [0, 0.05) is 23.7 Å². The minimum absolute atomic E-state index is 0.188. The molecule has 0 bridgehead atoms. The van der Waals surface area contributed by atoms with Crippen LogP contribution < -0.4 is 15.6 Å². The molecule has 1 N–H and O–H groups in total. The highest BCUT2D eigenvalue weighted by Gasteiger charge is 2.17. The van der Waals surface area contributed by atoms with Crippen molar-refractivity contribution in [3.8, 4) is 5.75 Å². The number of benzene rings is 2. The van der Waals surface area contributed by atoms with Crippen molar-refractivity contribution in [1.29, 1.82) is 0 Å². The van der Waals surface area contributed by atoms with Crippen molar-refractivity contribution >= 4 is 22.4 Å². The molecule has 26 heavy (non-hydrogen) atoms. The third kappa shape index (κ3) is 3.59. The molecular formula is C20H21N3O3. The van der Waals surface area contributed by atoms with E-state index < -0.39 is 0 Å². The van der Waals surface area contributed by atoms with Gasteiger partial charge in [0.25, 0.3) is 11.5 Å². The molecule has 1 amide bonds. The molecule has 0 aliphatic carbocycles. The molecule has 6 nitrogen and oxygen atoms in total. The van der Waals surface area contributed by atoms with E-state index in [-0.39, 0.29) is 23.1 Å². The second-order valence-electron chi connectivity index (χ2n) is 6.46. The molecule has 0 spiro atoms. The minimum atomic E-state index is -0.369. The Morgan fingerprint density at radius 1 is 1.15 bits per heavy atom. The lowest BCUT2D eigenvalue weighted by atomic mass is 10.1. The van der Waals surface area contributed by atoms with Crippen molar-refractivity contribution < 1.29 is 9.53 Å². The largest absolute Gasteiger partial charge is 0.497 e. The van der Waals surface area contributed by atoms with Gasteiger partial charge in [-0.3, -0.25) is 9.59 Å². The molecule has 0 aliphatic rings. The van der Waals surface area contributed by atoms with E-state index in [1.54, 1.807) is 55.6 Å². The number of anilines is 1. The van der Waals surface area contributed by atoms with Gasteiger partial charge in [0.05, 0.1) is 12.5 Å². The number of nitrogens with one attached hydrogen (secondary N) is 1. The Kier molecular flexibility index (Phi) is 5.02. The summed E-state index contributed by atoms with van der Waals surface area (Å²) in [5.41, 5.74) is 0.637. The number of ether oxygens (including phenoxy) is 1. The molecule has 0 atom stereocenters. The van der Waals surface area contributed by atoms with E-state index in [9.17, 15) is 9.59 Å². The Labute approximate surface area is 151 Å². The highest BCUT2D eigenvalue weighted by Crippen LogP contribution is 2.19. The Morgan fingerprint density at radius 2 is 1.88 bits per heavy atom. The first kappa shape index (κ1) is 17.7. The van der Waals surface area contributed by atoms with Crippen LogP contribution in [0.1, 0.15) is 24.3 Å². The predicted octanol–water partition coefficient (Wildman–Crippen LogP) is 3.31. The zero-order chi connectivity index (χ0) is 18.7. The van der Waals surface area contributed by atoms with Gasteiger partial charge in [-0.15, -0.1) is 0 Å². The third-order valence-corrected chi connectivity index (χ3v) is 3.95. The Hall–Kier alpha value is -3.15. The Morgan fingerprint density at radius 3 is 2.58 bits per heavy atom. The molecule has 134 valence electrons. The highest BCUT2D eigenvalue weighted by atomic mass is 16.5. The summed E-state index contributed by atoms with van der Waals surface area (Å²) < 4.78 is 6.55. The lowest BCUT2D eigenvalue weighted by Crippen LogP contribution is -2.29. The summed E-state index contributed by atoms with van der Waals surface area (Å²) in [6.07, 6.45) is 0. The van der Waals surface area contributed by atoms with E-state index in [2.05, 4.69) is 10.4 Å². The first-order valence-electron chi connectivity index (χ1n) is 8.45. The molecule has 0 radical (unpaired) electrons. The van der Waals surface area contributed by atoms with Gasteiger partial charge in [-0.25, -0.2) is 4.68 Å². The van der Waals surface area contributed by atoms with E-state index in [1.165, 1.54) is 4.68 Å². The second kappa shape index (κ2) is 7.39. The van der Waals surface area contributed by atoms with Gasteiger partial charge in [0.1, 0.15) is 5.75 Å². The molecule has 0 unspecified atom stereocenters. The van der Waals surface area contributed by atoms with Gasteiger partial charge < -0.3 is 10.1 Å². The summed E-state index contributed by atoms with van der Waals surface area (Å²) in [4.78, 5) is 25.5. The monoisotopic (exact) mass is 351 g/mol. The summed E-state index contributed by atoms with van der Waals surface area (Å²) >= 11 is 0. The first-order chi connectivity index (χ1) is 12.5. The molecule has 1 aromatic heterocycles. The minimum Gasteiger partial charge on any atom is -0.497 e. The molecule has 0 fully saturated rings. The standard InChI is InChI=1S/C20H21N3O3/c1-13(2)12-23-20(25)17-10-5-4-9-16(17)18(22-23)19(24)21-14-7-6-8-15(11-14)26-3/h4-11,13H,12H2,1-3H3,(H,21,24). The van der Waals surface area contributed by atoms with E-state index in [0.29, 0.717) is 28.8 Å². The molecule has 3 rings (SSSR count). The maximum absolute atomic E-state index is 12.8. The summed E-state index contributed by atoms with van der Waals surface area (Å²) in [7, 11) is 1.57. The van der Waals surface area contributed by atoms with Crippen LogP contribution in [-0.4, -0.2) is 22.8 Å². The van der Waals surface area contributed by atoms with E-state index in [4.69, 9.17) is 4.74 Å². The number of hydrogen-bond donors (Lipinski definition) is 1. The van der Waals surface area contributed by atoms with Crippen LogP contribution in [0.4, 0.5) is 5.69 Å². The van der Waals surface area contributed by atoms with Gasteiger partial charge in [0.2, 0.25) is 0 Å². The summed E-state index contributed by atoms with van der Waals surface area (Å²) in [6.45, 7) is 4.45. The summed E-state index contributed by atoms with van der Waals surface area (Å²) in [5, 5.41) is 8.19.